The summed E-state index contributed by atoms with van der Waals surface area (Å²) in [6, 6.07) is 10.9. The normalized spacial score (nSPS) is 10.7. The third-order valence-electron chi connectivity index (χ3n) is 3.93. The molecule has 3 rings (SSSR count). The molecule has 3 aromatic rings. The SMILES string of the molecule is CCCCn1c(SCC(=O)Nc2sccc2C#N)nc2ccccc2c1=O. The smallest absolute Gasteiger partial charge is 0.262 e. The van der Waals surface area contributed by atoms with Gasteiger partial charge < -0.3 is 5.32 Å². The molecular formula is C19H18N4O2S2. The number of amides is 1. The van der Waals surface area contributed by atoms with Gasteiger partial charge in [-0.05, 0) is 30.0 Å². The third-order valence-corrected chi connectivity index (χ3v) is 5.74. The van der Waals surface area contributed by atoms with Gasteiger partial charge in [0.25, 0.3) is 5.56 Å². The van der Waals surface area contributed by atoms with Crippen LogP contribution in [-0.2, 0) is 11.3 Å². The fourth-order valence-corrected chi connectivity index (χ4v) is 4.14. The molecule has 0 aliphatic carbocycles. The second-order valence-electron chi connectivity index (χ2n) is 5.83. The summed E-state index contributed by atoms with van der Waals surface area (Å²) in [6.45, 7) is 2.63. The number of para-hydroxylation sites is 1. The first-order valence-electron chi connectivity index (χ1n) is 8.54. The van der Waals surface area contributed by atoms with Gasteiger partial charge in [0.15, 0.2) is 5.16 Å². The zero-order valence-corrected chi connectivity index (χ0v) is 16.4. The Labute approximate surface area is 164 Å². The van der Waals surface area contributed by atoms with Crippen LogP contribution < -0.4 is 10.9 Å². The van der Waals surface area contributed by atoms with Crippen molar-refractivity contribution >= 4 is 44.9 Å². The van der Waals surface area contributed by atoms with Crippen molar-refractivity contribution < 1.29 is 4.79 Å². The van der Waals surface area contributed by atoms with E-state index in [-0.39, 0.29) is 17.2 Å². The Bertz CT molecular complexity index is 1070. The molecule has 0 fully saturated rings. The molecule has 1 amide bonds. The van der Waals surface area contributed by atoms with Crippen molar-refractivity contribution in [3.8, 4) is 6.07 Å². The highest BCUT2D eigenvalue weighted by Crippen LogP contribution is 2.23. The monoisotopic (exact) mass is 398 g/mol. The van der Waals surface area contributed by atoms with Crippen LogP contribution in [0, 0.1) is 11.3 Å². The molecule has 0 atom stereocenters. The number of rotatable bonds is 7. The molecule has 1 aromatic carbocycles. The molecule has 2 heterocycles. The summed E-state index contributed by atoms with van der Waals surface area (Å²) in [5, 5.41) is 15.2. The minimum absolute atomic E-state index is 0.0815. The average molecular weight is 399 g/mol. The summed E-state index contributed by atoms with van der Waals surface area (Å²) < 4.78 is 1.65. The van der Waals surface area contributed by atoms with Gasteiger partial charge in [-0.25, -0.2) is 4.98 Å². The summed E-state index contributed by atoms with van der Waals surface area (Å²) in [7, 11) is 0. The van der Waals surface area contributed by atoms with Crippen molar-refractivity contribution in [1.29, 1.82) is 5.26 Å². The van der Waals surface area contributed by atoms with Gasteiger partial charge in [0.05, 0.1) is 22.2 Å². The maximum Gasteiger partial charge on any atom is 0.262 e. The van der Waals surface area contributed by atoms with Crippen LogP contribution in [0.25, 0.3) is 10.9 Å². The minimum atomic E-state index is -0.233. The molecule has 1 N–H and O–H groups in total. The molecule has 0 saturated carbocycles. The zero-order valence-electron chi connectivity index (χ0n) is 14.8. The van der Waals surface area contributed by atoms with Crippen LogP contribution in [0.4, 0.5) is 5.00 Å². The van der Waals surface area contributed by atoms with Gasteiger partial charge in [0.1, 0.15) is 11.1 Å². The lowest BCUT2D eigenvalue weighted by atomic mass is 10.2. The Balaban J connectivity index is 1.82. The number of aromatic nitrogens is 2. The molecule has 8 heteroatoms. The van der Waals surface area contributed by atoms with Gasteiger partial charge in [-0.1, -0.05) is 37.2 Å². The number of hydrogen-bond donors (Lipinski definition) is 1. The third kappa shape index (κ3) is 4.38. The van der Waals surface area contributed by atoms with Crippen LogP contribution in [0.5, 0.6) is 0 Å². The van der Waals surface area contributed by atoms with Gasteiger partial charge in [0, 0.05) is 6.54 Å². The number of nitrogens with one attached hydrogen (secondary N) is 1. The minimum Gasteiger partial charge on any atom is -0.316 e. The van der Waals surface area contributed by atoms with E-state index in [1.54, 1.807) is 28.1 Å². The number of thioether (sulfide) groups is 1. The lowest BCUT2D eigenvalue weighted by molar-refractivity contribution is -0.113. The first-order chi connectivity index (χ1) is 13.1. The van der Waals surface area contributed by atoms with Gasteiger partial charge in [-0.2, -0.15) is 5.26 Å². The fraction of sp³-hybridized carbons (Fsp3) is 0.263. The zero-order chi connectivity index (χ0) is 19.2. The highest BCUT2D eigenvalue weighted by molar-refractivity contribution is 7.99. The molecule has 0 aliphatic rings. The van der Waals surface area contributed by atoms with E-state index < -0.39 is 0 Å². The molecule has 27 heavy (non-hydrogen) atoms. The van der Waals surface area contributed by atoms with Crippen molar-refractivity contribution in [2.75, 3.05) is 11.1 Å². The summed E-state index contributed by atoms with van der Waals surface area (Å²) in [5.41, 5.74) is 0.993. The fourth-order valence-electron chi connectivity index (χ4n) is 2.56. The van der Waals surface area contributed by atoms with Gasteiger partial charge in [-0.3, -0.25) is 14.2 Å². The van der Waals surface area contributed by atoms with Crippen LogP contribution in [0.2, 0.25) is 0 Å². The Hall–Kier alpha value is -2.63. The number of benzene rings is 1. The molecule has 6 nitrogen and oxygen atoms in total. The number of carbonyl (C=O) groups is 1. The lowest BCUT2D eigenvalue weighted by Gasteiger charge is -2.12. The second kappa shape index (κ2) is 8.84. The van der Waals surface area contributed by atoms with Crippen LogP contribution in [0.3, 0.4) is 0 Å². The quantitative estimate of drug-likeness (QED) is 0.482. The Morgan fingerprint density at radius 3 is 2.96 bits per heavy atom. The van der Waals surface area contributed by atoms with Crippen molar-refractivity contribution in [3.05, 3.63) is 51.6 Å². The maximum atomic E-state index is 12.8. The predicted octanol–water partition coefficient (Wildman–Crippen LogP) is 3.86. The van der Waals surface area contributed by atoms with Crippen LogP contribution in [0.1, 0.15) is 25.3 Å². The first kappa shape index (κ1) is 19.1. The number of thiophene rings is 1. The van der Waals surface area contributed by atoms with E-state index in [2.05, 4.69) is 17.2 Å². The number of nitriles is 1. The van der Waals surface area contributed by atoms with E-state index in [1.807, 2.05) is 18.2 Å². The summed E-state index contributed by atoms with van der Waals surface area (Å²) in [6.07, 6.45) is 1.82. The second-order valence-corrected chi connectivity index (χ2v) is 7.69. The topological polar surface area (TPSA) is 87.8 Å². The molecule has 0 unspecified atom stereocenters. The van der Waals surface area contributed by atoms with E-state index in [1.165, 1.54) is 23.1 Å². The van der Waals surface area contributed by atoms with Gasteiger partial charge in [0.2, 0.25) is 5.91 Å². The molecular weight excluding hydrogens is 380 g/mol. The number of carbonyl (C=O) groups excluding carboxylic acids is 1. The van der Waals surface area contributed by atoms with Gasteiger partial charge >= 0.3 is 0 Å². The highest BCUT2D eigenvalue weighted by Gasteiger charge is 2.14. The summed E-state index contributed by atoms with van der Waals surface area (Å²) in [5.74, 6) is -0.122. The standard InChI is InChI=1S/C19H18N4O2S2/c1-2-3-9-23-18(25)14-6-4-5-7-15(14)21-19(23)27-12-16(24)22-17-13(11-20)8-10-26-17/h4-8,10H,2-3,9,12H2,1H3,(H,22,24). The lowest BCUT2D eigenvalue weighted by Crippen LogP contribution is -2.24. The van der Waals surface area contributed by atoms with Crippen molar-refractivity contribution in [2.24, 2.45) is 0 Å². The Morgan fingerprint density at radius 1 is 1.37 bits per heavy atom. The Morgan fingerprint density at radius 2 is 2.19 bits per heavy atom. The van der Waals surface area contributed by atoms with Crippen LogP contribution in [0.15, 0.2) is 45.7 Å². The molecule has 0 spiro atoms. The van der Waals surface area contributed by atoms with E-state index in [9.17, 15) is 9.59 Å². The largest absolute Gasteiger partial charge is 0.316 e. The molecule has 0 saturated heterocycles. The number of anilines is 1. The number of unbranched alkanes of at least 4 members (excludes halogenated alkanes) is 1. The first-order valence-corrected chi connectivity index (χ1v) is 10.4. The summed E-state index contributed by atoms with van der Waals surface area (Å²) in [4.78, 5) is 29.7. The number of hydrogen-bond acceptors (Lipinski definition) is 6. The van der Waals surface area contributed by atoms with Gasteiger partial charge in [-0.15, -0.1) is 11.3 Å². The molecule has 2 aromatic heterocycles. The molecule has 0 radical (unpaired) electrons. The van der Waals surface area contributed by atoms with Crippen molar-refractivity contribution in [2.45, 2.75) is 31.5 Å². The number of nitrogens with zero attached hydrogens (tertiary/aromatic N) is 3. The molecule has 138 valence electrons. The number of fused-ring (bicyclic) bond motifs is 1. The van der Waals surface area contributed by atoms with Crippen molar-refractivity contribution in [1.82, 2.24) is 9.55 Å². The van der Waals surface area contributed by atoms with Crippen LogP contribution in [-0.4, -0.2) is 21.2 Å². The predicted molar refractivity (Wildman–Crippen MR) is 109 cm³/mol. The Kier molecular flexibility index (Phi) is 6.27. The van der Waals surface area contributed by atoms with E-state index in [0.717, 1.165) is 12.8 Å². The molecule has 0 aliphatic heterocycles. The molecule has 0 bridgehead atoms. The van der Waals surface area contributed by atoms with E-state index >= 15 is 0 Å². The van der Waals surface area contributed by atoms with E-state index in [4.69, 9.17) is 5.26 Å². The average Bonchev–Trinajstić information content (AvgIpc) is 3.13. The van der Waals surface area contributed by atoms with Crippen molar-refractivity contribution in [3.63, 3.8) is 0 Å². The highest BCUT2D eigenvalue weighted by atomic mass is 32.2. The summed E-state index contributed by atoms with van der Waals surface area (Å²) >= 11 is 2.54. The van der Waals surface area contributed by atoms with E-state index in [0.29, 0.717) is 33.2 Å². The van der Waals surface area contributed by atoms with Crippen LogP contribution >= 0.6 is 23.1 Å². The maximum absolute atomic E-state index is 12.8.